The van der Waals surface area contributed by atoms with Crippen LogP contribution in [0.2, 0.25) is 0 Å². The number of ether oxygens (including phenoxy) is 1. The average Bonchev–Trinajstić information content (AvgIpc) is 3.22. The number of benzene rings is 3. The minimum absolute atomic E-state index is 0.00766. The average molecular weight is 389 g/mol. The fraction of sp³-hybridized carbons (Fsp3) is 0.208. The molecule has 1 unspecified atom stereocenters. The molecular weight excluding hydrogens is 364 g/mol. The van der Waals surface area contributed by atoms with E-state index in [0.717, 1.165) is 35.5 Å². The van der Waals surface area contributed by atoms with Gasteiger partial charge in [-0.3, -0.25) is 0 Å². The molecule has 0 amide bonds. The number of rotatable bonds is 8. The van der Waals surface area contributed by atoms with Crippen molar-refractivity contribution in [2.75, 3.05) is 13.6 Å². The van der Waals surface area contributed by atoms with Crippen LogP contribution in [0.5, 0.6) is 5.75 Å². The lowest BCUT2D eigenvalue weighted by molar-refractivity contribution is 0.173. The Labute approximate surface area is 170 Å². The Morgan fingerprint density at radius 1 is 0.929 bits per heavy atom. The van der Waals surface area contributed by atoms with Crippen molar-refractivity contribution in [3.63, 3.8) is 0 Å². The molecule has 0 saturated carbocycles. The van der Waals surface area contributed by atoms with Crippen LogP contribution in [0.4, 0.5) is 0 Å². The third-order valence-corrected chi connectivity index (χ3v) is 5.63. The van der Waals surface area contributed by atoms with Crippen LogP contribution in [0.3, 0.4) is 0 Å². The molecule has 0 aliphatic carbocycles. The third-order valence-electron chi connectivity index (χ3n) is 4.83. The number of aromatic nitrogens is 1. The summed E-state index contributed by atoms with van der Waals surface area (Å²) in [5.74, 6) is 0.860. The van der Waals surface area contributed by atoms with Crippen molar-refractivity contribution in [2.45, 2.75) is 19.1 Å². The molecule has 3 nitrogen and oxygen atoms in total. The summed E-state index contributed by atoms with van der Waals surface area (Å²) in [6.45, 7) is 1.88. The van der Waals surface area contributed by atoms with Crippen LogP contribution in [0.15, 0.2) is 84.4 Å². The van der Waals surface area contributed by atoms with Crippen LogP contribution in [0.1, 0.15) is 23.7 Å². The van der Waals surface area contributed by atoms with Crippen LogP contribution in [-0.4, -0.2) is 23.5 Å². The molecular formula is C24H24N2OS. The van der Waals surface area contributed by atoms with Gasteiger partial charge in [-0.2, -0.15) is 0 Å². The highest BCUT2D eigenvalue weighted by molar-refractivity contribution is 7.16. The molecule has 0 aliphatic rings. The van der Waals surface area contributed by atoms with Crippen molar-refractivity contribution in [3.8, 4) is 5.75 Å². The van der Waals surface area contributed by atoms with Gasteiger partial charge < -0.3 is 9.64 Å². The minimum atomic E-state index is -0.00766. The first-order valence-corrected chi connectivity index (χ1v) is 10.4. The molecule has 3 aromatic carbocycles. The summed E-state index contributed by atoms with van der Waals surface area (Å²) < 4.78 is 7.65. The number of fused-ring (bicyclic) bond motifs is 1. The van der Waals surface area contributed by atoms with Gasteiger partial charge in [-0.25, -0.2) is 4.98 Å². The number of para-hydroxylation sites is 1. The first kappa shape index (κ1) is 18.7. The van der Waals surface area contributed by atoms with E-state index in [1.807, 2.05) is 23.7 Å². The molecule has 1 atom stereocenters. The highest BCUT2D eigenvalue weighted by atomic mass is 32.1. The highest BCUT2D eigenvalue weighted by Gasteiger charge is 2.16. The normalized spacial score (nSPS) is 12.4. The van der Waals surface area contributed by atoms with Crippen LogP contribution in [-0.2, 0) is 6.54 Å². The molecule has 0 N–H and O–H groups in total. The summed E-state index contributed by atoms with van der Waals surface area (Å²) in [5, 5.41) is 0. The van der Waals surface area contributed by atoms with E-state index in [-0.39, 0.29) is 6.10 Å². The Kier molecular flexibility index (Phi) is 6.00. The van der Waals surface area contributed by atoms with Gasteiger partial charge in [0.1, 0.15) is 17.4 Å². The molecule has 4 rings (SSSR count). The zero-order chi connectivity index (χ0) is 19.2. The lowest BCUT2D eigenvalue weighted by atomic mass is 10.1. The van der Waals surface area contributed by atoms with Crippen molar-refractivity contribution in [1.82, 2.24) is 9.88 Å². The monoisotopic (exact) mass is 388 g/mol. The van der Waals surface area contributed by atoms with Gasteiger partial charge in [0.05, 0.1) is 10.2 Å². The van der Waals surface area contributed by atoms with Gasteiger partial charge >= 0.3 is 0 Å². The second kappa shape index (κ2) is 9.00. The Balaban J connectivity index is 1.49. The molecule has 0 aliphatic heterocycles. The van der Waals surface area contributed by atoms with Crippen molar-refractivity contribution in [1.29, 1.82) is 0 Å². The third kappa shape index (κ3) is 4.58. The fourth-order valence-corrected chi connectivity index (χ4v) is 4.08. The fourth-order valence-electron chi connectivity index (χ4n) is 3.38. The minimum Gasteiger partial charge on any atom is -0.483 e. The second-order valence-corrected chi connectivity index (χ2v) is 7.87. The molecule has 0 radical (unpaired) electrons. The van der Waals surface area contributed by atoms with Crippen LogP contribution in [0.25, 0.3) is 10.2 Å². The predicted octanol–water partition coefficient (Wildman–Crippen LogP) is 5.94. The van der Waals surface area contributed by atoms with Crippen LogP contribution >= 0.6 is 11.3 Å². The molecule has 0 spiro atoms. The SMILES string of the molecule is CN(CCC(Oc1cccc2scnc12)c1ccccc1)Cc1ccccc1. The molecule has 1 aromatic heterocycles. The molecule has 28 heavy (non-hydrogen) atoms. The lowest BCUT2D eigenvalue weighted by Crippen LogP contribution is -2.22. The first-order valence-electron chi connectivity index (χ1n) is 9.56. The number of hydrogen-bond acceptors (Lipinski definition) is 4. The van der Waals surface area contributed by atoms with Gasteiger partial charge in [0, 0.05) is 19.5 Å². The topological polar surface area (TPSA) is 25.4 Å². The van der Waals surface area contributed by atoms with E-state index >= 15 is 0 Å². The maximum absolute atomic E-state index is 6.49. The van der Waals surface area contributed by atoms with E-state index < -0.39 is 0 Å². The second-order valence-electron chi connectivity index (χ2n) is 6.98. The summed E-state index contributed by atoms with van der Waals surface area (Å²) in [4.78, 5) is 6.84. The van der Waals surface area contributed by atoms with E-state index in [0.29, 0.717) is 0 Å². The van der Waals surface area contributed by atoms with Gasteiger partial charge in [-0.05, 0) is 30.3 Å². The highest BCUT2D eigenvalue weighted by Crippen LogP contribution is 2.32. The molecule has 0 saturated heterocycles. The molecule has 4 aromatic rings. The zero-order valence-corrected chi connectivity index (χ0v) is 16.8. The molecule has 142 valence electrons. The molecule has 4 heteroatoms. The van der Waals surface area contributed by atoms with Crippen molar-refractivity contribution < 1.29 is 4.74 Å². The van der Waals surface area contributed by atoms with E-state index in [2.05, 4.69) is 77.6 Å². The first-order chi connectivity index (χ1) is 13.8. The largest absolute Gasteiger partial charge is 0.483 e. The van der Waals surface area contributed by atoms with Gasteiger partial charge in [-0.1, -0.05) is 66.7 Å². The molecule has 1 heterocycles. The standard InChI is InChI=1S/C24H24N2OS/c1-26(17-19-9-4-2-5-10-19)16-15-21(20-11-6-3-7-12-20)27-22-13-8-14-23-24(22)25-18-28-23/h2-14,18,21H,15-17H2,1H3. The summed E-state index contributed by atoms with van der Waals surface area (Å²) >= 11 is 1.64. The lowest BCUT2D eigenvalue weighted by Gasteiger charge is -2.23. The summed E-state index contributed by atoms with van der Waals surface area (Å²) in [7, 11) is 2.16. The van der Waals surface area contributed by atoms with Gasteiger partial charge in [-0.15, -0.1) is 11.3 Å². The Morgan fingerprint density at radius 2 is 1.68 bits per heavy atom. The number of hydrogen-bond donors (Lipinski definition) is 0. The van der Waals surface area contributed by atoms with E-state index in [9.17, 15) is 0 Å². The van der Waals surface area contributed by atoms with Gasteiger partial charge in [0.2, 0.25) is 0 Å². The quantitative estimate of drug-likeness (QED) is 0.374. The van der Waals surface area contributed by atoms with Crippen LogP contribution in [0, 0.1) is 0 Å². The maximum atomic E-state index is 6.49. The number of nitrogens with zero attached hydrogens (tertiary/aromatic N) is 2. The maximum Gasteiger partial charge on any atom is 0.147 e. The summed E-state index contributed by atoms with van der Waals surface area (Å²) in [6.07, 6.45) is 0.903. The smallest absolute Gasteiger partial charge is 0.147 e. The van der Waals surface area contributed by atoms with E-state index in [4.69, 9.17) is 4.74 Å². The summed E-state index contributed by atoms with van der Waals surface area (Å²) in [6, 6.07) is 27.2. The Bertz CT molecular complexity index is 1000. The molecule has 0 fully saturated rings. The molecule has 0 bridgehead atoms. The van der Waals surface area contributed by atoms with Gasteiger partial charge in [0.15, 0.2) is 0 Å². The zero-order valence-electron chi connectivity index (χ0n) is 16.0. The Morgan fingerprint density at radius 3 is 2.46 bits per heavy atom. The summed E-state index contributed by atoms with van der Waals surface area (Å²) in [5.41, 5.74) is 5.35. The predicted molar refractivity (Wildman–Crippen MR) is 117 cm³/mol. The number of thiazole rings is 1. The van der Waals surface area contributed by atoms with Crippen LogP contribution < -0.4 is 4.74 Å². The van der Waals surface area contributed by atoms with Gasteiger partial charge in [0.25, 0.3) is 0 Å². The van der Waals surface area contributed by atoms with Crippen molar-refractivity contribution in [2.24, 2.45) is 0 Å². The van der Waals surface area contributed by atoms with E-state index in [1.54, 1.807) is 11.3 Å². The Hall–Kier alpha value is -2.69. The van der Waals surface area contributed by atoms with Crippen molar-refractivity contribution >= 4 is 21.6 Å². The van der Waals surface area contributed by atoms with E-state index in [1.165, 1.54) is 11.1 Å². The van der Waals surface area contributed by atoms with Crippen molar-refractivity contribution in [3.05, 3.63) is 95.5 Å².